The highest BCUT2D eigenvalue weighted by molar-refractivity contribution is 5.69. The van der Waals surface area contributed by atoms with Crippen molar-refractivity contribution in [2.24, 2.45) is 0 Å². The van der Waals surface area contributed by atoms with E-state index in [0.29, 0.717) is 0 Å². The number of aliphatic carboxylic acids is 2. The molecule has 6 N–H and O–H groups in total. The normalized spacial score (nSPS) is 8.24. The number of hydrogen-bond donors (Lipinski definition) is 6. The molecule has 0 spiro atoms. The Hall–Kier alpha value is -1.22. The maximum atomic E-state index is 9.79. The van der Waals surface area contributed by atoms with Crippen molar-refractivity contribution in [1.29, 1.82) is 0 Å². The van der Waals surface area contributed by atoms with Crippen molar-refractivity contribution in [2.75, 3.05) is 26.4 Å². The van der Waals surface area contributed by atoms with Gasteiger partial charge in [-0.1, -0.05) is 0 Å². The van der Waals surface area contributed by atoms with E-state index in [2.05, 4.69) is 0 Å². The smallest absolute Gasteiger partial charge is 0.303 e. The van der Waals surface area contributed by atoms with E-state index in [4.69, 9.17) is 30.6 Å². The van der Waals surface area contributed by atoms with E-state index in [9.17, 15) is 9.59 Å². The summed E-state index contributed by atoms with van der Waals surface area (Å²) in [6.07, 6.45) is 0.0866. The van der Waals surface area contributed by atoms with Crippen LogP contribution in [0.4, 0.5) is 0 Å². The average molecular weight is 256 g/mol. The topological polar surface area (TPSA) is 156 Å². The van der Waals surface area contributed by atoms with Gasteiger partial charge in [-0.05, 0) is 6.42 Å². The fraction of sp³-hybridized carbons (Fsp3) is 0.778. The monoisotopic (exact) mass is 256 g/mol. The maximum absolute atomic E-state index is 9.79. The Bertz CT molecular complexity index is 148. The average Bonchev–Trinajstić information content (AvgIpc) is 2.29. The van der Waals surface area contributed by atoms with E-state index in [1.807, 2.05) is 0 Å². The van der Waals surface area contributed by atoms with Gasteiger partial charge in [0.25, 0.3) is 0 Å². The van der Waals surface area contributed by atoms with E-state index in [0.717, 1.165) is 0 Å². The molecule has 0 aromatic rings. The molecule has 0 aliphatic heterocycles. The van der Waals surface area contributed by atoms with Gasteiger partial charge in [-0.15, -0.1) is 0 Å². The van der Waals surface area contributed by atoms with Crippen LogP contribution in [0.5, 0.6) is 0 Å². The van der Waals surface area contributed by atoms with Crippen molar-refractivity contribution >= 4 is 11.9 Å². The van der Waals surface area contributed by atoms with Crippen LogP contribution in [-0.4, -0.2) is 69.0 Å². The highest BCUT2D eigenvalue weighted by atomic mass is 16.4. The van der Waals surface area contributed by atoms with Crippen LogP contribution in [0.1, 0.15) is 19.3 Å². The van der Waals surface area contributed by atoms with Gasteiger partial charge in [-0.3, -0.25) is 9.59 Å². The quantitative estimate of drug-likeness (QED) is 0.327. The van der Waals surface area contributed by atoms with Gasteiger partial charge < -0.3 is 30.6 Å². The fourth-order valence-corrected chi connectivity index (χ4v) is 0.391. The number of carboxylic acid groups (broad SMARTS) is 2. The number of aliphatic hydroxyl groups is 4. The molecule has 0 rings (SSSR count). The van der Waals surface area contributed by atoms with E-state index in [1.165, 1.54) is 0 Å². The summed E-state index contributed by atoms with van der Waals surface area (Å²) < 4.78 is 0. The Morgan fingerprint density at radius 2 is 0.882 bits per heavy atom. The van der Waals surface area contributed by atoms with Crippen LogP contribution >= 0.6 is 0 Å². The molecule has 0 aliphatic rings. The number of carbonyl (C=O) groups is 2. The molecule has 8 heteroatoms. The SMILES string of the molecule is O=C(O)CCCC(=O)O.OCCO.OCCO. The Kier molecular flexibility index (Phi) is 25.1. The molecule has 0 heterocycles. The number of aliphatic hydroxyl groups excluding tert-OH is 4. The second-order valence-electron chi connectivity index (χ2n) is 2.54. The van der Waals surface area contributed by atoms with Gasteiger partial charge in [0.05, 0.1) is 26.4 Å². The minimum absolute atomic E-state index is 0.0632. The van der Waals surface area contributed by atoms with Crippen LogP contribution in [0.3, 0.4) is 0 Å². The van der Waals surface area contributed by atoms with Gasteiger partial charge in [0, 0.05) is 12.8 Å². The van der Waals surface area contributed by atoms with Gasteiger partial charge in [0.15, 0.2) is 0 Å². The predicted molar refractivity (Wildman–Crippen MR) is 57.5 cm³/mol. The molecule has 0 fully saturated rings. The number of hydrogen-bond acceptors (Lipinski definition) is 6. The van der Waals surface area contributed by atoms with Gasteiger partial charge >= 0.3 is 11.9 Å². The zero-order chi connectivity index (χ0) is 14.1. The first-order chi connectivity index (χ1) is 7.95. The summed E-state index contributed by atoms with van der Waals surface area (Å²) in [5, 5.41) is 46.6. The van der Waals surface area contributed by atoms with Crippen molar-refractivity contribution in [3.05, 3.63) is 0 Å². The molecule has 0 amide bonds. The lowest BCUT2D eigenvalue weighted by molar-refractivity contribution is -0.138. The fourth-order valence-electron chi connectivity index (χ4n) is 0.391. The molecule has 17 heavy (non-hydrogen) atoms. The van der Waals surface area contributed by atoms with Gasteiger partial charge in [-0.2, -0.15) is 0 Å². The second-order valence-corrected chi connectivity index (χ2v) is 2.54. The minimum atomic E-state index is -0.948. The van der Waals surface area contributed by atoms with Crippen molar-refractivity contribution in [3.63, 3.8) is 0 Å². The summed E-state index contributed by atoms with van der Waals surface area (Å²) in [5.41, 5.74) is 0. The molecule has 0 atom stereocenters. The summed E-state index contributed by atoms with van der Waals surface area (Å²) in [4.78, 5) is 19.6. The molecule has 0 aliphatic carbocycles. The lowest BCUT2D eigenvalue weighted by Gasteiger charge is -1.89. The highest BCUT2D eigenvalue weighted by Gasteiger charge is 1.99. The Balaban J connectivity index is -0.000000205. The summed E-state index contributed by atoms with van der Waals surface area (Å²) in [6.45, 7) is -0.500. The summed E-state index contributed by atoms with van der Waals surface area (Å²) >= 11 is 0. The summed E-state index contributed by atoms with van der Waals surface area (Å²) in [5.74, 6) is -1.90. The Labute approximate surface area is 98.8 Å². The third kappa shape index (κ3) is 52.5. The molecular weight excluding hydrogens is 236 g/mol. The van der Waals surface area contributed by atoms with Crippen molar-refractivity contribution in [1.82, 2.24) is 0 Å². The van der Waals surface area contributed by atoms with Crippen LogP contribution in [0.15, 0.2) is 0 Å². The molecule has 0 saturated carbocycles. The van der Waals surface area contributed by atoms with Crippen LogP contribution in [-0.2, 0) is 9.59 Å². The molecule has 0 bridgehead atoms. The molecule has 0 unspecified atom stereocenters. The van der Waals surface area contributed by atoms with Gasteiger partial charge in [0.2, 0.25) is 0 Å². The highest BCUT2D eigenvalue weighted by Crippen LogP contribution is 1.93. The number of rotatable bonds is 6. The molecule has 0 saturated heterocycles. The van der Waals surface area contributed by atoms with Crippen molar-refractivity contribution in [2.45, 2.75) is 19.3 Å². The van der Waals surface area contributed by atoms with E-state index in [1.54, 1.807) is 0 Å². The third-order valence-electron chi connectivity index (χ3n) is 0.981. The second kappa shape index (κ2) is 20.2. The standard InChI is InChI=1S/C5H8O4.2C2H6O2/c6-4(7)2-1-3-5(8)9;2*3-1-2-4/h1-3H2,(H,6,7)(H,8,9);2*3-4H,1-2H2. The van der Waals surface area contributed by atoms with Crippen LogP contribution < -0.4 is 0 Å². The summed E-state index contributed by atoms with van der Waals surface area (Å²) in [7, 11) is 0. The zero-order valence-electron chi connectivity index (χ0n) is 9.45. The first-order valence-electron chi connectivity index (χ1n) is 4.83. The first-order valence-corrected chi connectivity index (χ1v) is 4.83. The van der Waals surface area contributed by atoms with Crippen LogP contribution in [0.2, 0.25) is 0 Å². The van der Waals surface area contributed by atoms with E-state index in [-0.39, 0.29) is 45.7 Å². The molecule has 0 radical (unpaired) electrons. The van der Waals surface area contributed by atoms with E-state index >= 15 is 0 Å². The first kappa shape index (κ1) is 21.1. The molecular formula is C9H20O8. The lowest BCUT2D eigenvalue weighted by Crippen LogP contribution is -1.98. The van der Waals surface area contributed by atoms with Crippen molar-refractivity contribution < 1.29 is 40.2 Å². The minimum Gasteiger partial charge on any atom is -0.481 e. The van der Waals surface area contributed by atoms with Gasteiger partial charge in [0.1, 0.15) is 0 Å². The van der Waals surface area contributed by atoms with Crippen LogP contribution in [0, 0.1) is 0 Å². The molecule has 8 nitrogen and oxygen atoms in total. The maximum Gasteiger partial charge on any atom is 0.303 e. The predicted octanol–water partition coefficient (Wildman–Crippen LogP) is -1.73. The molecule has 0 aromatic carbocycles. The third-order valence-corrected chi connectivity index (χ3v) is 0.981. The van der Waals surface area contributed by atoms with Gasteiger partial charge in [-0.25, -0.2) is 0 Å². The molecule has 104 valence electrons. The van der Waals surface area contributed by atoms with Crippen LogP contribution in [0.25, 0.3) is 0 Å². The largest absolute Gasteiger partial charge is 0.481 e. The lowest BCUT2D eigenvalue weighted by atomic mass is 10.2. The Morgan fingerprint density at radius 1 is 0.647 bits per heavy atom. The molecule has 0 aromatic heterocycles. The Morgan fingerprint density at radius 3 is 1.00 bits per heavy atom. The number of carboxylic acids is 2. The zero-order valence-corrected chi connectivity index (χ0v) is 9.45. The van der Waals surface area contributed by atoms with Crippen molar-refractivity contribution in [3.8, 4) is 0 Å². The van der Waals surface area contributed by atoms with E-state index < -0.39 is 11.9 Å². The summed E-state index contributed by atoms with van der Waals surface area (Å²) in [6, 6.07) is 0.